The molecule has 9 nitrogen and oxygen atoms in total. The van der Waals surface area contributed by atoms with Crippen LogP contribution in [0.4, 0.5) is 15.9 Å². The number of anilines is 2. The van der Waals surface area contributed by atoms with E-state index in [0.717, 1.165) is 25.9 Å². The summed E-state index contributed by atoms with van der Waals surface area (Å²) in [7, 11) is -4.24. The number of benzene rings is 1. The van der Waals surface area contributed by atoms with Gasteiger partial charge in [0.1, 0.15) is 18.0 Å². The highest BCUT2D eigenvalue weighted by atomic mass is 32.2. The smallest absolute Gasteiger partial charge is 0.326 e. The van der Waals surface area contributed by atoms with Crippen molar-refractivity contribution in [3.63, 3.8) is 0 Å². The van der Waals surface area contributed by atoms with E-state index in [9.17, 15) is 18.3 Å². The van der Waals surface area contributed by atoms with Crippen LogP contribution in [0.25, 0.3) is 11.3 Å². The standard InChI is InChI=1S/C15H16FN5O4S/c16-14-9(10-7-12(18-17-10)20-5-1-2-6-20)3-4-11(22)15(14)21-8-13(23)19-26(21,24)25/h3-4,7,22H,1-2,5-6,8H2,(H,17,18)(H,19,23). The lowest BCUT2D eigenvalue weighted by Crippen LogP contribution is -2.30. The lowest BCUT2D eigenvalue weighted by molar-refractivity contribution is -0.117. The van der Waals surface area contributed by atoms with E-state index in [0.29, 0.717) is 15.8 Å². The Morgan fingerprint density at radius 1 is 1.23 bits per heavy atom. The summed E-state index contributed by atoms with van der Waals surface area (Å²) in [5, 5.41) is 16.9. The van der Waals surface area contributed by atoms with E-state index in [-0.39, 0.29) is 5.56 Å². The van der Waals surface area contributed by atoms with Gasteiger partial charge in [0, 0.05) is 24.7 Å². The van der Waals surface area contributed by atoms with Crippen LogP contribution in [0.1, 0.15) is 12.8 Å². The van der Waals surface area contributed by atoms with E-state index < -0.39 is 39.9 Å². The fourth-order valence-corrected chi connectivity index (χ4v) is 4.37. The van der Waals surface area contributed by atoms with Crippen molar-refractivity contribution in [3.05, 3.63) is 24.0 Å². The van der Waals surface area contributed by atoms with E-state index in [2.05, 4.69) is 15.1 Å². The van der Waals surface area contributed by atoms with Crippen LogP contribution >= 0.6 is 0 Å². The lowest BCUT2D eigenvalue weighted by Gasteiger charge is -2.18. The minimum atomic E-state index is -4.24. The SMILES string of the molecule is O=C1CN(c2c(O)ccc(-c3cc(N4CCCC4)n[nH]3)c2F)S(=O)(=O)N1. The van der Waals surface area contributed by atoms with Gasteiger partial charge in [-0.25, -0.2) is 13.4 Å². The zero-order chi connectivity index (χ0) is 18.5. The molecule has 2 saturated heterocycles. The van der Waals surface area contributed by atoms with Crippen molar-refractivity contribution in [3.8, 4) is 17.0 Å². The van der Waals surface area contributed by atoms with Crippen molar-refractivity contribution in [2.24, 2.45) is 0 Å². The first-order valence-corrected chi connectivity index (χ1v) is 9.46. The average molecular weight is 381 g/mol. The van der Waals surface area contributed by atoms with Crippen LogP contribution in [0.15, 0.2) is 18.2 Å². The Bertz CT molecular complexity index is 984. The van der Waals surface area contributed by atoms with E-state index >= 15 is 4.39 Å². The maximum Gasteiger partial charge on any atom is 0.326 e. The van der Waals surface area contributed by atoms with Crippen LogP contribution in [0.3, 0.4) is 0 Å². The van der Waals surface area contributed by atoms with Gasteiger partial charge in [-0.1, -0.05) is 0 Å². The first-order chi connectivity index (χ1) is 12.4. The van der Waals surface area contributed by atoms with Gasteiger partial charge in [0.2, 0.25) is 0 Å². The van der Waals surface area contributed by atoms with Crippen molar-refractivity contribution < 1.29 is 22.7 Å². The van der Waals surface area contributed by atoms with Gasteiger partial charge in [0.15, 0.2) is 11.6 Å². The number of aromatic nitrogens is 2. The number of aromatic amines is 1. The van der Waals surface area contributed by atoms with Gasteiger partial charge in [-0.15, -0.1) is 0 Å². The van der Waals surface area contributed by atoms with Gasteiger partial charge in [-0.2, -0.15) is 13.5 Å². The molecule has 138 valence electrons. The Kier molecular flexibility index (Phi) is 3.75. The number of carbonyl (C=O) groups excluding carboxylic acids is 1. The molecule has 4 rings (SSSR count). The molecule has 0 radical (unpaired) electrons. The van der Waals surface area contributed by atoms with Crippen LogP contribution in [0, 0.1) is 5.82 Å². The van der Waals surface area contributed by atoms with Crippen LogP contribution in [0.5, 0.6) is 5.75 Å². The van der Waals surface area contributed by atoms with Gasteiger partial charge in [-0.05, 0) is 25.0 Å². The summed E-state index contributed by atoms with van der Waals surface area (Å²) in [6.07, 6.45) is 2.13. The van der Waals surface area contributed by atoms with Crippen molar-refractivity contribution in [2.45, 2.75) is 12.8 Å². The number of aromatic hydroxyl groups is 1. The largest absolute Gasteiger partial charge is 0.506 e. The van der Waals surface area contributed by atoms with Crippen molar-refractivity contribution in [1.29, 1.82) is 0 Å². The highest BCUT2D eigenvalue weighted by Gasteiger charge is 2.38. The number of phenols is 1. The number of phenolic OH excluding ortho intramolecular Hbond substituents is 1. The second-order valence-electron chi connectivity index (χ2n) is 6.17. The summed E-state index contributed by atoms with van der Waals surface area (Å²) in [6, 6.07) is 4.18. The summed E-state index contributed by atoms with van der Waals surface area (Å²) in [4.78, 5) is 13.5. The Labute approximate surface area is 148 Å². The second-order valence-corrected chi connectivity index (χ2v) is 7.76. The Balaban J connectivity index is 1.76. The van der Waals surface area contributed by atoms with Crippen LogP contribution in [-0.4, -0.2) is 49.3 Å². The number of hydrogen-bond donors (Lipinski definition) is 3. The van der Waals surface area contributed by atoms with E-state index in [4.69, 9.17) is 0 Å². The maximum atomic E-state index is 15.1. The fraction of sp³-hybridized carbons (Fsp3) is 0.333. The molecule has 3 heterocycles. The van der Waals surface area contributed by atoms with Crippen LogP contribution in [0.2, 0.25) is 0 Å². The summed E-state index contributed by atoms with van der Waals surface area (Å²) in [6.45, 7) is 1.14. The van der Waals surface area contributed by atoms with E-state index in [1.807, 2.05) is 0 Å². The fourth-order valence-electron chi connectivity index (χ4n) is 3.20. The molecule has 0 spiro atoms. The molecule has 0 bridgehead atoms. The van der Waals surface area contributed by atoms with Gasteiger partial charge >= 0.3 is 10.2 Å². The van der Waals surface area contributed by atoms with Crippen LogP contribution < -0.4 is 13.9 Å². The number of nitrogens with zero attached hydrogens (tertiary/aromatic N) is 3. The topological polar surface area (TPSA) is 119 Å². The van der Waals surface area contributed by atoms with Gasteiger partial charge in [0.25, 0.3) is 5.91 Å². The van der Waals surface area contributed by atoms with Gasteiger partial charge in [0.05, 0.1) is 5.69 Å². The van der Waals surface area contributed by atoms with E-state index in [1.165, 1.54) is 12.1 Å². The normalized spacial score (nSPS) is 19.2. The molecule has 2 aliphatic heterocycles. The molecule has 2 fully saturated rings. The molecule has 0 unspecified atom stereocenters. The zero-order valence-electron chi connectivity index (χ0n) is 13.6. The zero-order valence-corrected chi connectivity index (χ0v) is 14.4. The number of halogens is 1. The summed E-state index contributed by atoms with van der Waals surface area (Å²) < 4.78 is 41.3. The summed E-state index contributed by atoms with van der Waals surface area (Å²) >= 11 is 0. The van der Waals surface area contributed by atoms with Crippen molar-refractivity contribution >= 4 is 27.6 Å². The Morgan fingerprint density at radius 2 is 1.96 bits per heavy atom. The number of nitrogens with one attached hydrogen (secondary N) is 2. The molecule has 2 aliphatic rings. The van der Waals surface area contributed by atoms with Gasteiger partial charge in [-0.3, -0.25) is 9.89 Å². The molecule has 0 aliphatic carbocycles. The number of amides is 1. The molecular formula is C15H16FN5O4S. The number of hydrogen-bond acceptors (Lipinski definition) is 6. The molecule has 26 heavy (non-hydrogen) atoms. The summed E-state index contributed by atoms with van der Waals surface area (Å²) in [5.41, 5.74) is -0.176. The predicted octanol–water partition coefficient (Wildman–Crippen LogP) is 0.703. The molecule has 1 amide bonds. The molecular weight excluding hydrogens is 365 g/mol. The Morgan fingerprint density at radius 3 is 2.62 bits per heavy atom. The van der Waals surface area contributed by atoms with Gasteiger partial charge < -0.3 is 10.0 Å². The third-order valence-electron chi connectivity index (χ3n) is 4.45. The highest BCUT2D eigenvalue weighted by Crippen LogP contribution is 2.38. The molecule has 1 aromatic carbocycles. The van der Waals surface area contributed by atoms with Crippen molar-refractivity contribution in [2.75, 3.05) is 28.8 Å². The molecule has 0 atom stereocenters. The third kappa shape index (κ3) is 2.64. The predicted molar refractivity (Wildman–Crippen MR) is 91.5 cm³/mol. The monoisotopic (exact) mass is 381 g/mol. The molecule has 11 heteroatoms. The highest BCUT2D eigenvalue weighted by molar-refractivity contribution is 7.92. The first-order valence-electron chi connectivity index (χ1n) is 8.02. The number of carbonyl (C=O) groups is 1. The molecule has 2 aromatic rings. The average Bonchev–Trinajstić information content (AvgIpc) is 3.28. The molecule has 3 N–H and O–H groups in total. The quantitative estimate of drug-likeness (QED) is 0.720. The third-order valence-corrected chi connectivity index (χ3v) is 5.83. The minimum absolute atomic E-state index is 0.0466. The number of rotatable bonds is 3. The summed E-state index contributed by atoms with van der Waals surface area (Å²) in [5.74, 6) is -1.66. The Hall–Kier alpha value is -2.82. The van der Waals surface area contributed by atoms with E-state index in [1.54, 1.807) is 10.8 Å². The second kappa shape index (κ2) is 5.87. The lowest BCUT2D eigenvalue weighted by atomic mass is 10.1. The first kappa shape index (κ1) is 16.6. The minimum Gasteiger partial charge on any atom is -0.506 e. The number of H-pyrrole nitrogens is 1. The molecule has 0 saturated carbocycles. The van der Waals surface area contributed by atoms with Crippen molar-refractivity contribution in [1.82, 2.24) is 14.9 Å². The molecule has 1 aromatic heterocycles. The maximum absolute atomic E-state index is 15.1. The van der Waals surface area contributed by atoms with Crippen LogP contribution in [-0.2, 0) is 15.0 Å².